The van der Waals surface area contributed by atoms with Gasteiger partial charge in [-0.3, -0.25) is 0 Å². The van der Waals surface area contributed by atoms with Crippen molar-refractivity contribution in [2.24, 2.45) is 0 Å². The third kappa shape index (κ3) is 3.40. The van der Waals surface area contributed by atoms with Gasteiger partial charge < -0.3 is 13.9 Å². The summed E-state index contributed by atoms with van der Waals surface area (Å²) in [6, 6.07) is 14.6. The van der Waals surface area contributed by atoms with Crippen molar-refractivity contribution in [3.63, 3.8) is 0 Å². The first-order valence-electron chi connectivity index (χ1n) is 7.12. The molecule has 0 N–H and O–H groups in total. The zero-order valence-corrected chi connectivity index (χ0v) is 14.1. The van der Waals surface area contributed by atoms with Crippen LogP contribution in [0.25, 0.3) is 22.1 Å². The maximum Gasteiger partial charge on any atom is 0.344 e. The van der Waals surface area contributed by atoms with E-state index in [2.05, 4.69) is 15.9 Å². The number of rotatable bonds is 5. The zero-order chi connectivity index (χ0) is 16.2. The summed E-state index contributed by atoms with van der Waals surface area (Å²) in [7, 11) is 1.61. The maximum absolute atomic E-state index is 12.3. The van der Waals surface area contributed by atoms with Crippen molar-refractivity contribution in [2.45, 2.75) is 0 Å². The van der Waals surface area contributed by atoms with Crippen molar-refractivity contribution in [1.82, 2.24) is 0 Å². The summed E-state index contributed by atoms with van der Waals surface area (Å²) < 4.78 is 16.1. The molecule has 0 aliphatic rings. The molecule has 0 spiro atoms. The lowest BCUT2D eigenvalue weighted by Crippen LogP contribution is -2.03. The summed E-state index contributed by atoms with van der Waals surface area (Å²) in [4.78, 5) is 12.3. The fourth-order valence-electron chi connectivity index (χ4n) is 2.31. The molecule has 0 bridgehead atoms. The van der Waals surface area contributed by atoms with Crippen LogP contribution in [-0.4, -0.2) is 19.0 Å². The van der Waals surface area contributed by atoms with E-state index in [0.29, 0.717) is 23.5 Å². The van der Waals surface area contributed by atoms with Crippen LogP contribution in [0.4, 0.5) is 0 Å². The van der Waals surface area contributed by atoms with Crippen molar-refractivity contribution >= 4 is 26.9 Å². The molecule has 0 fully saturated rings. The summed E-state index contributed by atoms with van der Waals surface area (Å²) in [5, 5.41) is 1.59. The third-order valence-electron chi connectivity index (χ3n) is 3.45. The number of alkyl halides is 1. The molecule has 2 aromatic carbocycles. The molecule has 0 saturated carbocycles. The summed E-state index contributed by atoms with van der Waals surface area (Å²) in [5.74, 6) is 1.42. The van der Waals surface area contributed by atoms with Gasteiger partial charge in [0.15, 0.2) is 0 Å². The molecule has 5 heteroatoms. The molecular formula is C18H15BrO4. The predicted molar refractivity (Wildman–Crippen MR) is 93.8 cm³/mol. The van der Waals surface area contributed by atoms with Gasteiger partial charge in [-0.15, -0.1) is 0 Å². The minimum atomic E-state index is -0.375. The van der Waals surface area contributed by atoms with Crippen molar-refractivity contribution in [1.29, 1.82) is 0 Å². The van der Waals surface area contributed by atoms with Gasteiger partial charge >= 0.3 is 5.63 Å². The molecule has 0 unspecified atom stereocenters. The Labute approximate surface area is 141 Å². The Morgan fingerprint density at radius 1 is 1.04 bits per heavy atom. The van der Waals surface area contributed by atoms with Crippen LogP contribution < -0.4 is 15.1 Å². The molecule has 3 aromatic rings. The normalized spacial score (nSPS) is 10.7. The average Bonchev–Trinajstić information content (AvgIpc) is 2.59. The topological polar surface area (TPSA) is 48.7 Å². The molecule has 0 aliphatic carbocycles. The molecule has 0 atom stereocenters. The highest BCUT2D eigenvalue weighted by Gasteiger charge is 2.09. The lowest BCUT2D eigenvalue weighted by Gasteiger charge is -2.07. The van der Waals surface area contributed by atoms with E-state index in [0.717, 1.165) is 22.0 Å². The second-order valence-electron chi connectivity index (χ2n) is 4.91. The quantitative estimate of drug-likeness (QED) is 0.494. The van der Waals surface area contributed by atoms with Crippen molar-refractivity contribution in [2.75, 3.05) is 19.0 Å². The highest BCUT2D eigenvalue weighted by molar-refractivity contribution is 9.09. The summed E-state index contributed by atoms with van der Waals surface area (Å²) in [6.45, 7) is 0.555. The van der Waals surface area contributed by atoms with Crippen molar-refractivity contribution in [3.8, 4) is 22.6 Å². The van der Waals surface area contributed by atoms with Crippen LogP contribution in [0.5, 0.6) is 11.5 Å². The maximum atomic E-state index is 12.3. The Balaban J connectivity index is 2.02. The van der Waals surface area contributed by atoms with Crippen LogP contribution in [0, 0.1) is 0 Å². The molecule has 3 rings (SSSR count). The minimum Gasteiger partial charge on any atom is -0.497 e. The van der Waals surface area contributed by atoms with E-state index in [1.165, 1.54) is 0 Å². The Morgan fingerprint density at radius 3 is 2.48 bits per heavy atom. The Kier molecular flexibility index (Phi) is 4.67. The van der Waals surface area contributed by atoms with Crippen molar-refractivity contribution in [3.05, 3.63) is 59.0 Å². The Hall–Kier alpha value is -2.27. The van der Waals surface area contributed by atoms with E-state index in [-0.39, 0.29) is 5.63 Å². The standard InChI is InChI=1S/C18H15BrO4/c1-21-14-5-2-12(3-6-14)16-10-13-4-7-15(22-9-8-19)11-17(13)23-18(16)20/h2-7,10-11H,8-9H2,1H3. The second-order valence-corrected chi connectivity index (χ2v) is 5.71. The predicted octanol–water partition coefficient (Wildman–Crippen LogP) is 4.24. The zero-order valence-electron chi connectivity index (χ0n) is 12.5. The number of hydrogen-bond donors (Lipinski definition) is 0. The number of hydrogen-bond acceptors (Lipinski definition) is 4. The van der Waals surface area contributed by atoms with E-state index in [1.807, 2.05) is 42.5 Å². The van der Waals surface area contributed by atoms with Gasteiger partial charge in [-0.05, 0) is 35.9 Å². The fraction of sp³-hybridized carbons (Fsp3) is 0.167. The number of fused-ring (bicyclic) bond motifs is 1. The molecule has 0 aliphatic heterocycles. The number of halogens is 1. The monoisotopic (exact) mass is 374 g/mol. The fourth-order valence-corrected chi connectivity index (χ4v) is 2.47. The highest BCUT2D eigenvalue weighted by Crippen LogP contribution is 2.25. The van der Waals surface area contributed by atoms with Gasteiger partial charge in [-0.1, -0.05) is 28.1 Å². The van der Waals surface area contributed by atoms with Gasteiger partial charge in [0, 0.05) is 16.8 Å². The number of benzene rings is 2. The Bertz CT molecular complexity index is 868. The van der Waals surface area contributed by atoms with Gasteiger partial charge in [0.1, 0.15) is 17.1 Å². The van der Waals surface area contributed by atoms with Crippen LogP contribution in [0.1, 0.15) is 0 Å². The first-order chi connectivity index (χ1) is 11.2. The van der Waals surface area contributed by atoms with Gasteiger partial charge in [-0.2, -0.15) is 0 Å². The molecule has 23 heavy (non-hydrogen) atoms. The Morgan fingerprint density at radius 2 is 1.78 bits per heavy atom. The molecule has 1 aromatic heterocycles. The van der Waals surface area contributed by atoms with E-state index < -0.39 is 0 Å². The lowest BCUT2D eigenvalue weighted by molar-refractivity contribution is 0.345. The number of methoxy groups -OCH3 is 1. The van der Waals surface area contributed by atoms with E-state index in [4.69, 9.17) is 13.9 Å². The van der Waals surface area contributed by atoms with Crippen LogP contribution in [-0.2, 0) is 0 Å². The summed E-state index contributed by atoms with van der Waals surface area (Å²) in [5.41, 5.74) is 1.45. The summed E-state index contributed by atoms with van der Waals surface area (Å²) in [6.07, 6.45) is 0. The van der Waals surface area contributed by atoms with Gasteiger partial charge in [0.25, 0.3) is 0 Å². The molecule has 4 nitrogen and oxygen atoms in total. The van der Waals surface area contributed by atoms with E-state index in [1.54, 1.807) is 13.2 Å². The molecular weight excluding hydrogens is 360 g/mol. The SMILES string of the molecule is COc1ccc(-c2cc3ccc(OCCBr)cc3oc2=O)cc1. The van der Waals surface area contributed by atoms with Crippen LogP contribution in [0.3, 0.4) is 0 Å². The van der Waals surface area contributed by atoms with Gasteiger partial charge in [0.2, 0.25) is 0 Å². The molecule has 0 amide bonds. The smallest absolute Gasteiger partial charge is 0.344 e. The van der Waals surface area contributed by atoms with Crippen LogP contribution in [0.2, 0.25) is 0 Å². The van der Waals surface area contributed by atoms with Gasteiger partial charge in [0.05, 0.1) is 19.3 Å². The molecule has 0 saturated heterocycles. The van der Waals surface area contributed by atoms with Crippen LogP contribution >= 0.6 is 15.9 Å². The van der Waals surface area contributed by atoms with Crippen molar-refractivity contribution < 1.29 is 13.9 Å². The number of ether oxygens (including phenoxy) is 2. The van der Waals surface area contributed by atoms with E-state index in [9.17, 15) is 4.79 Å². The first kappa shape index (κ1) is 15.6. The molecule has 0 radical (unpaired) electrons. The highest BCUT2D eigenvalue weighted by atomic mass is 79.9. The lowest BCUT2D eigenvalue weighted by atomic mass is 10.1. The van der Waals surface area contributed by atoms with E-state index >= 15 is 0 Å². The largest absolute Gasteiger partial charge is 0.497 e. The third-order valence-corrected chi connectivity index (χ3v) is 3.78. The second kappa shape index (κ2) is 6.87. The summed E-state index contributed by atoms with van der Waals surface area (Å²) >= 11 is 3.31. The molecule has 118 valence electrons. The first-order valence-corrected chi connectivity index (χ1v) is 8.24. The molecule has 1 heterocycles. The minimum absolute atomic E-state index is 0.375. The average molecular weight is 375 g/mol. The van der Waals surface area contributed by atoms with Gasteiger partial charge in [-0.25, -0.2) is 4.79 Å². The van der Waals surface area contributed by atoms with Crippen LogP contribution in [0.15, 0.2) is 57.7 Å².